The smallest absolute Gasteiger partial charge is 0.328 e. The van der Waals surface area contributed by atoms with Crippen molar-refractivity contribution in [1.29, 1.82) is 5.26 Å². The van der Waals surface area contributed by atoms with Crippen molar-refractivity contribution in [3.8, 4) is 6.07 Å². The molecule has 0 aliphatic heterocycles. The minimum absolute atomic E-state index is 0.0236. The van der Waals surface area contributed by atoms with E-state index in [-0.39, 0.29) is 11.5 Å². The molecule has 5 nitrogen and oxygen atoms in total. The lowest BCUT2D eigenvalue weighted by Gasteiger charge is -2.09. The molecule has 2 aromatic carbocycles. The molecule has 0 spiro atoms. The molecule has 0 bridgehead atoms. The van der Waals surface area contributed by atoms with Crippen LogP contribution in [0.5, 0.6) is 0 Å². The van der Waals surface area contributed by atoms with E-state index in [1.807, 2.05) is 25.1 Å². The first-order valence-electron chi connectivity index (χ1n) is 8.43. The summed E-state index contributed by atoms with van der Waals surface area (Å²) in [6.45, 7) is 3.59. The van der Waals surface area contributed by atoms with E-state index in [2.05, 4.69) is 0 Å². The molecule has 1 aliphatic carbocycles. The standard InChI is InChI=1S/C20H18ClNO4S/c1-3-26-19(23)20(12-22)17(14-6-4-13(2)5-7-14)18(20)27(24,25)16-10-8-15(21)9-11-16/h4-11,17-18H,3H2,1-2H3. The molecule has 0 aromatic heterocycles. The third-order valence-corrected chi connectivity index (χ3v) is 7.34. The number of sulfone groups is 1. The van der Waals surface area contributed by atoms with Gasteiger partial charge in [0.2, 0.25) is 0 Å². The summed E-state index contributed by atoms with van der Waals surface area (Å²) in [7, 11) is -3.95. The van der Waals surface area contributed by atoms with E-state index in [4.69, 9.17) is 16.3 Å². The lowest BCUT2D eigenvalue weighted by Crippen LogP contribution is -2.25. The molecule has 3 unspecified atom stereocenters. The SMILES string of the molecule is CCOC(=O)C1(C#N)C(c2ccc(C)cc2)C1S(=O)(=O)c1ccc(Cl)cc1. The minimum Gasteiger partial charge on any atom is -0.465 e. The van der Waals surface area contributed by atoms with Gasteiger partial charge < -0.3 is 4.74 Å². The molecule has 1 saturated carbocycles. The topological polar surface area (TPSA) is 84.2 Å². The van der Waals surface area contributed by atoms with Gasteiger partial charge in [0, 0.05) is 10.9 Å². The molecule has 0 heterocycles. The summed E-state index contributed by atoms with van der Waals surface area (Å²) in [4.78, 5) is 12.6. The number of rotatable bonds is 5. The maximum absolute atomic E-state index is 13.2. The summed E-state index contributed by atoms with van der Waals surface area (Å²) >= 11 is 5.85. The highest BCUT2D eigenvalue weighted by Gasteiger charge is 2.77. The molecule has 3 atom stereocenters. The second kappa shape index (κ2) is 6.99. The second-order valence-electron chi connectivity index (χ2n) is 6.51. The largest absolute Gasteiger partial charge is 0.465 e. The van der Waals surface area contributed by atoms with Crippen molar-refractivity contribution in [3.63, 3.8) is 0 Å². The lowest BCUT2D eigenvalue weighted by atomic mass is 10.00. The van der Waals surface area contributed by atoms with Crippen LogP contribution in [-0.4, -0.2) is 26.2 Å². The average Bonchev–Trinajstić information content (AvgIpc) is 3.34. The van der Waals surface area contributed by atoms with Gasteiger partial charge in [-0.15, -0.1) is 0 Å². The van der Waals surface area contributed by atoms with Crippen LogP contribution in [0.25, 0.3) is 0 Å². The molecule has 0 amide bonds. The van der Waals surface area contributed by atoms with Gasteiger partial charge in [0.05, 0.1) is 17.6 Å². The lowest BCUT2D eigenvalue weighted by molar-refractivity contribution is -0.147. The van der Waals surface area contributed by atoms with Gasteiger partial charge in [-0.3, -0.25) is 4.79 Å². The molecule has 0 saturated heterocycles. The number of halogens is 1. The van der Waals surface area contributed by atoms with E-state index in [1.165, 1.54) is 24.3 Å². The maximum atomic E-state index is 13.2. The summed E-state index contributed by atoms with van der Waals surface area (Å²) in [5, 5.41) is 9.02. The first-order valence-corrected chi connectivity index (χ1v) is 10.4. The van der Waals surface area contributed by atoms with Gasteiger partial charge in [-0.25, -0.2) is 8.42 Å². The van der Waals surface area contributed by atoms with Gasteiger partial charge in [-0.2, -0.15) is 5.26 Å². The number of carbonyl (C=O) groups is 1. The van der Waals surface area contributed by atoms with E-state index < -0.39 is 32.4 Å². The third-order valence-electron chi connectivity index (χ3n) is 4.84. The van der Waals surface area contributed by atoms with Crippen LogP contribution in [-0.2, 0) is 19.4 Å². The summed E-state index contributed by atoms with van der Waals surface area (Å²) < 4.78 is 31.5. The van der Waals surface area contributed by atoms with Crippen molar-refractivity contribution in [2.24, 2.45) is 5.41 Å². The fourth-order valence-electron chi connectivity index (χ4n) is 3.43. The van der Waals surface area contributed by atoms with E-state index >= 15 is 0 Å². The van der Waals surface area contributed by atoms with E-state index in [0.717, 1.165) is 5.56 Å². The highest BCUT2D eigenvalue weighted by Crippen LogP contribution is 2.64. The molecule has 0 radical (unpaired) electrons. The van der Waals surface area contributed by atoms with E-state index in [1.54, 1.807) is 19.1 Å². The quantitative estimate of drug-likeness (QED) is 0.711. The van der Waals surface area contributed by atoms with Crippen LogP contribution in [0.3, 0.4) is 0 Å². The number of aryl methyl sites for hydroxylation is 1. The highest BCUT2D eigenvalue weighted by atomic mass is 35.5. The number of nitrogens with zero attached hydrogens (tertiary/aromatic N) is 1. The molecule has 1 aliphatic rings. The van der Waals surface area contributed by atoms with Gasteiger partial charge in [0.15, 0.2) is 15.3 Å². The van der Waals surface area contributed by atoms with Crippen molar-refractivity contribution in [3.05, 3.63) is 64.7 Å². The Labute approximate surface area is 163 Å². The summed E-state index contributed by atoms with van der Waals surface area (Å²) in [5.41, 5.74) is -0.142. The summed E-state index contributed by atoms with van der Waals surface area (Å²) in [6, 6.07) is 14.8. The fraction of sp³-hybridized carbons (Fsp3) is 0.300. The number of nitriles is 1. The maximum Gasteiger partial charge on any atom is 0.328 e. The molecular formula is C20H18ClNO4S. The van der Waals surface area contributed by atoms with Crippen LogP contribution in [0, 0.1) is 23.7 Å². The van der Waals surface area contributed by atoms with E-state index in [0.29, 0.717) is 10.6 Å². The molecule has 3 rings (SSSR count). The molecule has 27 heavy (non-hydrogen) atoms. The number of carbonyl (C=O) groups excluding carboxylic acids is 1. The Bertz CT molecular complexity index is 1010. The van der Waals surface area contributed by atoms with Crippen LogP contribution in [0.15, 0.2) is 53.4 Å². The molecule has 140 valence electrons. The Balaban J connectivity index is 2.12. The zero-order valence-electron chi connectivity index (χ0n) is 14.8. The molecule has 2 aromatic rings. The second-order valence-corrected chi connectivity index (χ2v) is 9.01. The Morgan fingerprint density at radius 1 is 1.19 bits per heavy atom. The Morgan fingerprint density at radius 3 is 2.30 bits per heavy atom. The Morgan fingerprint density at radius 2 is 1.78 bits per heavy atom. The minimum atomic E-state index is -3.95. The van der Waals surface area contributed by atoms with Crippen molar-refractivity contribution < 1.29 is 17.9 Å². The fourth-order valence-corrected chi connectivity index (χ4v) is 5.81. The van der Waals surface area contributed by atoms with Crippen molar-refractivity contribution >= 4 is 27.4 Å². The molecule has 7 heteroatoms. The highest BCUT2D eigenvalue weighted by molar-refractivity contribution is 7.92. The summed E-state index contributed by atoms with van der Waals surface area (Å²) in [6.07, 6.45) is 0. The van der Waals surface area contributed by atoms with Crippen LogP contribution < -0.4 is 0 Å². The zero-order chi connectivity index (χ0) is 19.8. The number of hydrogen-bond acceptors (Lipinski definition) is 5. The van der Waals surface area contributed by atoms with Gasteiger partial charge in [0.25, 0.3) is 0 Å². The first kappa shape index (κ1) is 19.4. The van der Waals surface area contributed by atoms with Crippen LogP contribution in [0.1, 0.15) is 24.0 Å². The average molecular weight is 404 g/mol. The van der Waals surface area contributed by atoms with Crippen molar-refractivity contribution in [1.82, 2.24) is 0 Å². The van der Waals surface area contributed by atoms with Crippen molar-refractivity contribution in [2.75, 3.05) is 6.61 Å². The number of ether oxygens (including phenoxy) is 1. The van der Waals surface area contributed by atoms with Crippen molar-refractivity contribution in [2.45, 2.75) is 29.9 Å². The van der Waals surface area contributed by atoms with Gasteiger partial charge in [0.1, 0.15) is 5.25 Å². The van der Waals surface area contributed by atoms with Crippen LogP contribution in [0.2, 0.25) is 5.02 Å². The first-order chi connectivity index (χ1) is 12.8. The monoisotopic (exact) mass is 403 g/mol. The molecule has 1 fully saturated rings. The van der Waals surface area contributed by atoms with Crippen LogP contribution in [0.4, 0.5) is 0 Å². The Hall–Kier alpha value is -2.36. The molecular weight excluding hydrogens is 386 g/mol. The zero-order valence-corrected chi connectivity index (χ0v) is 16.4. The van der Waals surface area contributed by atoms with Gasteiger partial charge >= 0.3 is 5.97 Å². The summed E-state index contributed by atoms with van der Waals surface area (Å²) in [5.74, 6) is -1.59. The third kappa shape index (κ3) is 3.11. The normalized spacial score (nSPS) is 24.1. The van der Waals surface area contributed by atoms with Gasteiger partial charge in [-0.05, 0) is 43.7 Å². The molecule has 0 N–H and O–H groups in total. The van der Waals surface area contributed by atoms with Gasteiger partial charge in [-0.1, -0.05) is 41.4 Å². The van der Waals surface area contributed by atoms with Crippen LogP contribution >= 0.6 is 11.6 Å². The number of esters is 1. The number of hydrogen-bond donors (Lipinski definition) is 0. The Kier molecular flexibility index (Phi) is 5.02. The number of benzene rings is 2. The predicted molar refractivity (Wildman–Crippen MR) is 101 cm³/mol. The predicted octanol–water partition coefficient (Wildman–Crippen LogP) is 3.66. The van der Waals surface area contributed by atoms with E-state index in [9.17, 15) is 18.5 Å².